The lowest BCUT2D eigenvalue weighted by Gasteiger charge is -2.05. The molecule has 0 saturated heterocycles. The molecule has 0 spiro atoms. The van der Waals surface area contributed by atoms with Crippen LogP contribution < -0.4 is 4.74 Å². The van der Waals surface area contributed by atoms with Gasteiger partial charge < -0.3 is 4.74 Å². The highest BCUT2D eigenvalue weighted by Gasteiger charge is 2.06. The van der Waals surface area contributed by atoms with Crippen LogP contribution in [0.5, 0.6) is 11.5 Å². The first-order chi connectivity index (χ1) is 8.15. The average Bonchev–Trinajstić information content (AvgIpc) is 2.32. The van der Waals surface area contributed by atoms with Gasteiger partial charge in [0.1, 0.15) is 11.5 Å². The maximum Gasteiger partial charge on any atom is 0.273 e. The van der Waals surface area contributed by atoms with E-state index in [-0.39, 0.29) is 5.69 Å². The largest absolute Gasteiger partial charge is 0.457 e. The molecule has 0 bridgehead atoms. The van der Waals surface area contributed by atoms with Crippen LogP contribution in [0.15, 0.2) is 48.5 Å². The Morgan fingerprint density at radius 1 is 1.06 bits per heavy atom. The number of hydrogen-bond acceptors (Lipinski definition) is 3. The first kappa shape index (κ1) is 11.1. The highest BCUT2D eigenvalue weighted by molar-refractivity contribution is 5.40. The van der Waals surface area contributed by atoms with E-state index in [4.69, 9.17) is 4.74 Å². The molecule has 0 atom stereocenters. The summed E-state index contributed by atoms with van der Waals surface area (Å²) in [5.74, 6) is 1.12. The Kier molecular flexibility index (Phi) is 3.05. The van der Waals surface area contributed by atoms with Crippen molar-refractivity contribution in [3.8, 4) is 11.5 Å². The van der Waals surface area contributed by atoms with Crippen LogP contribution in [0.25, 0.3) is 0 Å². The third kappa shape index (κ3) is 2.81. The number of hydrogen-bond donors (Lipinski definition) is 0. The summed E-state index contributed by atoms with van der Waals surface area (Å²) in [4.78, 5) is 10.2. The third-order valence-corrected chi connectivity index (χ3v) is 2.29. The molecular weight excluding hydrogens is 218 g/mol. The molecule has 0 unspecified atom stereocenters. The van der Waals surface area contributed by atoms with Crippen molar-refractivity contribution < 1.29 is 9.66 Å². The summed E-state index contributed by atoms with van der Waals surface area (Å²) >= 11 is 0. The van der Waals surface area contributed by atoms with Crippen LogP contribution in [0, 0.1) is 17.0 Å². The minimum Gasteiger partial charge on any atom is -0.457 e. The van der Waals surface area contributed by atoms with E-state index in [0.717, 1.165) is 5.56 Å². The molecular formula is C13H11NO3. The molecule has 0 aliphatic rings. The predicted octanol–water partition coefficient (Wildman–Crippen LogP) is 3.70. The van der Waals surface area contributed by atoms with Crippen molar-refractivity contribution in [1.82, 2.24) is 0 Å². The van der Waals surface area contributed by atoms with Crippen molar-refractivity contribution in [2.24, 2.45) is 0 Å². The minimum absolute atomic E-state index is 0.0228. The van der Waals surface area contributed by atoms with Gasteiger partial charge in [-0.3, -0.25) is 10.1 Å². The molecule has 4 heteroatoms. The van der Waals surface area contributed by atoms with Crippen LogP contribution in [0.2, 0.25) is 0 Å². The van der Waals surface area contributed by atoms with Crippen molar-refractivity contribution in [3.05, 3.63) is 64.2 Å². The zero-order chi connectivity index (χ0) is 12.3. The second-order valence-corrected chi connectivity index (χ2v) is 3.67. The lowest BCUT2D eigenvalue weighted by molar-refractivity contribution is -0.384. The Morgan fingerprint density at radius 2 is 1.76 bits per heavy atom. The predicted molar refractivity (Wildman–Crippen MR) is 64.3 cm³/mol. The summed E-state index contributed by atoms with van der Waals surface area (Å²) in [5.41, 5.74) is 1.16. The molecule has 0 amide bonds. The molecule has 2 rings (SSSR count). The molecule has 0 aliphatic heterocycles. The van der Waals surface area contributed by atoms with Crippen LogP contribution in [0.4, 0.5) is 5.69 Å². The molecule has 0 heterocycles. The molecule has 86 valence electrons. The number of aryl methyl sites for hydroxylation is 1. The molecule has 0 N–H and O–H groups in total. The molecule has 0 fully saturated rings. The zero-order valence-electron chi connectivity index (χ0n) is 9.29. The van der Waals surface area contributed by atoms with Gasteiger partial charge in [-0.15, -0.1) is 0 Å². The third-order valence-electron chi connectivity index (χ3n) is 2.29. The SMILES string of the molecule is Cc1ccc(Oc2cccc([N+](=O)[O-])c2)cc1. The molecule has 0 aliphatic carbocycles. The molecule has 17 heavy (non-hydrogen) atoms. The topological polar surface area (TPSA) is 52.4 Å². The van der Waals surface area contributed by atoms with Crippen molar-refractivity contribution >= 4 is 5.69 Å². The van der Waals surface area contributed by atoms with Crippen molar-refractivity contribution in [1.29, 1.82) is 0 Å². The smallest absolute Gasteiger partial charge is 0.273 e. The van der Waals surface area contributed by atoms with Gasteiger partial charge in [0.25, 0.3) is 5.69 Å². The average molecular weight is 229 g/mol. The van der Waals surface area contributed by atoms with E-state index in [1.807, 2.05) is 31.2 Å². The van der Waals surface area contributed by atoms with Crippen LogP contribution in [-0.4, -0.2) is 4.92 Å². The standard InChI is InChI=1S/C13H11NO3/c1-10-5-7-12(8-6-10)17-13-4-2-3-11(9-13)14(15)16/h2-9H,1H3. The van der Waals surface area contributed by atoms with Gasteiger partial charge in [0.15, 0.2) is 0 Å². The number of nitro benzene ring substituents is 1. The fraction of sp³-hybridized carbons (Fsp3) is 0.0769. The van der Waals surface area contributed by atoms with Crippen LogP contribution >= 0.6 is 0 Å². The maximum absolute atomic E-state index is 10.6. The fourth-order valence-corrected chi connectivity index (χ4v) is 1.40. The fourth-order valence-electron chi connectivity index (χ4n) is 1.40. The number of ether oxygens (including phenoxy) is 1. The van der Waals surface area contributed by atoms with Gasteiger partial charge in [0.2, 0.25) is 0 Å². The quantitative estimate of drug-likeness (QED) is 0.595. The molecule has 2 aromatic rings. The summed E-state index contributed by atoms with van der Waals surface area (Å²) in [6.45, 7) is 1.98. The lowest BCUT2D eigenvalue weighted by atomic mass is 10.2. The maximum atomic E-state index is 10.6. The van der Waals surface area contributed by atoms with Crippen molar-refractivity contribution in [3.63, 3.8) is 0 Å². The van der Waals surface area contributed by atoms with E-state index in [2.05, 4.69) is 0 Å². The lowest BCUT2D eigenvalue weighted by Crippen LogP contribution is -1.89. The highest BCUT2D eigenvalue weighted by atomic mass is 16.6. The molecule has 0 saturated carbocycles. The summed E-state index contributed by atoms with van der Waals surface area (Å²) in [5, 5.41) is 10.6. The van der Waals surface area contributed by atoms with Gasteiger partial charge in [0.05, 0.1) is 11.0 Å². The number of rotatable bonds is 3. The summed E-state index contributed by atoms with van der Waals surface area (Å²) < 4.78 is 5.52. The second kappa shape index (κ2) is 4.65. The minimum atomic E-state index is -0.442. The van der Waals surface area contributed by atoms with Gasteiger partial charge in [-0.25, -0.2) is 0 Å². The first-order valence-electron chi connectivity index (χ1n) is 5.14. The summed E-state index contributed by atoms with van der Waals surface area (Å²) in [6, 6.07) is 13.6. The molecule has 0 radical (unpaired) electrons. The van der Waals surface area contributed by atoms with E-state index in [1.165, 1.54) is 12.1 Å². The molecule has 2 aromatic carbocycles. The van der Waals surface area contributed by atoms with E-state index >= 15 is 0 Å². The van der Waals surface area contributed by atoms with Gasteiger partial charge in [-0.05, 0) is 25.1 Å². The number of nitrogens with zero attached hydrogens (tertiary/aromatic N) is 1. The van der Waals surface area contributed by atoms with Crippen LogP contribution in [0.1, 0.15) is 5.56 Å². The van der Waals surface area contributed by atoms with E-state index < -0.39 is 4.92 Å². The Bertz CT molecular complexity index is 535. The molecule has 4 nitrogen and oxygen atoms in total. The number of non-ortho nitro benzene ring substituents is 1. The highest BCUT2D eigenvalue weighted by Crippen LogP contribution is 2.25. The van der Waals surface area contributed by atoms with Crippen LogP contribution in [-0.2, 0) is 0 Å². The monoisotopic (exact) mass is 229 g/mol. The zero-order valence-corrected chi connectivity index (χ0v) is 9.29. The van der Waals surface area contributed by atoms with Gasteiger partial charge >= 0.3 is 0 Å². The van der Waals surface area contributed by atoms with Crippen molar-refractivity contribution in [2.75, 3.05) is 0 Å². The van der Waals surface area contributed by atoms with Crippen LogP contribution in [0.3, 0.4) is 0 Å². The number of nitro groups is 1. The van der Waals surface area contributed by atoms with Crippen molar-refractivity contribution in [2.45, 2.75) is 6.92 Å². The Labute approximate surface area is 98.6 Å². The van der Waals surface area contributed by atoms with E-state index in [9.17, 15) is 10.1 Å². The van der Waals surface area contributed by atoms with E-state index in [1.54, 1.807) is 12.1 Å². The Hall–Kier alpha value is -2.36. The van der Waals surface area contributed by atoms with Gasteiger partial charge in [0, 0.05) is 6.07 Å². The number of benzene rings is 2. The Balaban J connectivity index is 2.21. The summed E-state index contributed by atoms with van der Waals surface area (Å²) in [6.07, 6.45) is 0. The van der Waals surface area contributed by atoms with Gasteiger partial charge in [-0.1, -0.05) is 23.8 Å². The van der Waals surface area contributed by atoms with E-state index in [0.29, 0.717) is 11.5 Å². The molecule has 0 aromatic heterocycles. The normalized spacial score (nSPS) is 9.94. The van der Waals surface area contributed by atoms with Gasteiger partial charge in [-0.2, -0.15) is 0 Å². The first-order valence-corrected chi connectivity index (χ1v) is 5.14. The summed E-state index contributed by atoms with van der Waals surface area (Å²) in [7, 11) is 0. The second-order valence-electron chi connectivity index (χ2n) is 3.67. The Morgan fingerprint density at radius 3 is 2.41 bits per heavy atom.